The Kier molecular flexibility index (Phi) is 6.66. The quantitative estimate of drug-likeness (QED) is 0.721. The number of hydrogen-bond donors (Lipinski definition) is 0. The van der Waals surface area contributed by atoms with Gasteiger partial charge in [0.15, 0.2) is 6.61 Å². The van der Waals surface area contributed by atoms with Crippen LogP contribution in [0.25, 0.3) is 6.08 Å². The maximum absolute atomic E-state index is 13.6. The van der Waals surface area contributed by atoms with Crippen LogP contribution in [-0.2, 0) is 9.59 Å². The van der Waals surface area contributed by atoms with Crippen molar-refractivity contribution in [2.75, 3.05) is 32.8 Å². The lowest BCUT2D eigenvalue weighted by molar-refractivity contribution is -0.138. The summed E-state index contributed by atoms with van der Waals surface area (Å²) >= 11 is 5.81. The van der Waals surface area contributed by atoms with Crippen molar-refractivity contribution in [1.29, 1.82) is 0 Å². The normalized spacial score (nSPS) is 14.4. The molecule has 1 heterocycles. The molecule has 1 fully saturated rings. The fraction of sp³-hybridized carbons (Fsp3) is 0.238. The molecule has 28 heavy (non-hydrogen) atoms. The Bertz CT molecular complexity index is 862. The monoisotopic (exact) mass is 402 g/mol. The summed E-state index contributed by atoms with van der Waals surface area (Å²) in [5, 5.41) is 0.600. The van der Waals surface area contributed by atoms with E-state index in [1.165, 1.54) is 18.2 Å². The SMILES string of the molecule is O=C(/C=C/c1ccccc1F)N1CCN(C(=O)COc2ccc(Cl)cc2)CC1. The van der Waals surface area contributed by atoms with Crippen molar-refractivity contribution in [1.82, 2.24) is 9.80 Å². The van der Waals surface area contributed by atoms with Gasteiger partial charge in [0.25, 0.3) is 5.91 Å². The molecule has 7 heteroatoms. The number of nitrogens with zero attached hydrogens (tertiary/aromatic N) is 2. The second-order valence-electron chi connectivity index (χ2n) is 6.30. The molecule has 0 spiro atoms. The molecule has 3 rings (SSSR count). The zero-order valence-corrected chi connectivity index (χ0v) is 15.9. The minimum atomic E-state index is -0.373. The number of carbonyl (C=O) groups excluding carboxylic acids is 2. The van der Waals surface area contributed by atoms with Crippen LogP contribution in [0.3, 0.4) is 0 Å². The molecule has 0 unspecified atom stereocenters. The van der Waals surface area contributed by atoms with Gasteiger partial charge in [0.1, 0.15) is 11.6 Å². The fourth-order valence-corrected chi connectivity index (χ4v) is 2.95. The highest BCUT2D eigenvalue weighted by atomic mass is 35.5. The maximum Gasteiger partial charge on any atom is 0.260 e. The highest BCUT2D eigenvalue weighted by Gasteiger charge is 2.23. The molecule has 0 atom stereocenters. The minimum absolute atomic E-state index is 0.0667. The Labute approximate surface area is 168 Å². The van der Waals surface area contributed by atoms with E-state index in [1.54, 1.807) is 52.3 Å². The molecule has 1 aliphatic heterocycles. The van der Waals surface area contributed by atoms with Gasteiger partial charge >= 0.3 is 0 Å². The lowest BCUT2D eigenvalue weighted by Gasteiger charge is -2.34. The predicted octanol–water partition coefficient (Wildman–Crippen LogP) is 3.24. The van der Waals surface area contributed by atoms with E-state index in [4.69, 9.17) is 16.3 Å². The van der Waals surface area contributed by atoms with E-state index in [-0.39, 0.29) is 24.2 Å². The number of piperazine rings is 1. The van der Waals surface area contributed by atoms with Crippen LogP contribution in [0.2, 0.25) is 5.02 Å². The number of rotatable bonds is 5. The lowest BCUT2D eigenvalue weighted by atomic mass is 10.2. The summed E-state index contributed by atoms with van der Waals surface area (Å²) in [6.45, 7) is 1.65. The summed E-state index contributed by atoms with van der Waals surface area (Å²) in [5.74, 6) is -0.135. The van der Waals surface area contributed by atoms with Gasteiger partial charge in [-0.3, -0.25) is 9.59 Å². The van der Waals surface area contributed by atoms with Gasteiger partial charge in [-0.05, 0) is 36.4 Å². The molecule has 0 aliphatic carbocycles. The van der Waals surface area contributed by atoms with Crippen LogP contribution >= 0.6 is 11.6 Å². The predicted molar refractivity (Wildman–Crippen MR) is 106 cm³/mol. The first kappa shape index (κ1) is 19.9. The highest BCUT2D eigenvalue weighted by Crippen LogP contribution is 2.16. The van der Waals surface area contributed by atoms with Crippen molar-refractivity contribution >= 4 is 29.5 Å². The van der Waals surface area contributed by atoms with Gasteiger partial charge in [-0.15, -0.1) is 0 Å². The Morgan fingerprint density at radius 2 is 1.64 bits per heavy atom. The average molecular weight is 403 g/mol. The molecule has 5 nitrogen and oxygen atoms in total. The minimum Gasteiger partial charge on any atom is -0.484 e. The first-order valence-electron chi connectivity index (χ1n) is 8.90. The van der Waals surface area contributed by atoms with Crippen molar-refractivity contribution in [2.24, 2.45) is 0 Å². The number of amides is 2. The summed E-state index contributed by atoms with van der Waals surface area (Å²) in [6, 6.07) is 13.1. The first-order chi connectivity index (χ1) is 13.5. The van der Waals surface area contributed by atoms with Crippen molar-refractivity contribution < 1.29 is 18.7 Å². The summed E-state index contributed by atoms with van der Waals surface area (Å²) in [5.41, 5.74) is 0.365. The van der Waals surface area contributed by atoms with Crippen molar-refractivity contribution in [2.45, 2.75) is 0 Å². The highest BCUT2D eigenvalue weighted by molar-refractivity contribution is 6.30. The van der Waals surface area contributed by atoms with E-state index in [0.717, 1.165) is 0 Å². The van der Waals surface area contributed by atoms with Crippen LogP contribution < -0.4 is 4.74 Å². The third-order valence-electron chi connectivity index (χ3n) is 4.43. The summed E-state index contributed by atoms with van der Waals surface area (Å²) in [6.07, 6.45) is 2.83. The molecule has 146 valence electrons. The third kappa shape index (κ3) is 5.33. The molecule has 0 bridgehead atoms. The standard InChI is InChI=1S/C21H20ClFN2O3/c22-17-6-8-18(9-7-17)28-15-21(27)25-13-11-24(12-14-25)20(26)10-5-16-3-1-2-4-19(16)23/h1-10H,11-15H2/b10-5+. The van der Waals surface area contributed by atoms with Crippen LogP contribution in [0.4, 0.5) is 4.39 Å². The molecule has 1 saturated heterocycles. The second kappa shape index (κ2) is 9.37. The number of hydrogen-bond acceptors (Lipinski definition) is 3. The third-order valence-corrected chi connectivity index (χ3v) is 4.68. The van der Waals surface area contributed by atoms with E-state index in [0.29, 0.717) is 42.5 Å². The van der Waals surface area contributed by atoms with E-state index in [1.807, 2.05) is 0 Å². The van der Waals surface area contributed by atoms with Gasteiger partial charge in [0.05, 0.1) is 0 Å². The molecule has 2 amide bonds. The second-order valence-corrected chi connectivity index (χ2v) is 6.74. The van der Waals surface area contributed by atoms with Crippen LogP contribution in [0.15, 0.2) is 54.6 Å². The van der Waals surface area contributed by atoms with Gasteiger partial charge < -0.3 is 14.5 Å². The van der Waals surface area contributed by atoms with Gasteiger partial charge in [0, 0.05) is 42.8 Å². The zero-order chi connectivity index (χ0) is 19.9. The van der Waals surface area contributed by atoms with Crippen LogP contribution in [0, 0.1) is 5.82 Å². The maximum atomic E-state index is 13.6. The first-order valence-corrected chi connectivity index (χ1v) is 9.28. The van der Waals surface area contributed by atoms with E-state index in [2.05, 4.69) is 0 Å². The Morgan fingerprint density at radius 3 is 2.32 bits per heavy atom. The van der Waals surface area contributed by atoms with Crippen molar-refractivity contribution in [3.63, 3.8) is 0 Å². The topological polar surface area (TPSA) is 49.9 Å². The Hall–Kier alpha value is -2.86. The Morgan fingerprint density at radius 1 is 1.00 bits per heavy atom. The van der Waals surface area contributed by atoms with Gasteiger partial charge in [-0.2, -0.15) is 0 Å². The largest absolute Gasteiger partial charge is 0.484 e. The van der Waals surface area contributed by atoms with Crippen LogP contribution in [0.1, 0.15) is 5.56 Å². The number of benzene rings is 2. The van der Waals surface area contributed by atoms with Crippen LogP contribution in [-0.4, -0.2) is 54.4 Å². The molecule has 2 aromatic rings. The Balaban J connectivity index is 1.45. The molecule has 0 N–H and O–H groups in total. The average Bonchev–Trinajstić information content (AvgIpc) is 2.72. The molecule has 0 aromatic heterocycles. The molecule has 2 aromatic carbocycles. The van der Waals surface area contributed by atoms with Gasteiger partial charge in [-0.25, -0.2) is 4.39 Å². The number of halogens is 2. The summed E-state index contributed by atoms with van der Waals surface area (Å²) < 4.78 is 19.1. The molecule has 0 radical (unpaired) electrons. The summed E-state index contributed by atoms with van der Waals surface area (Å²) in [7, 11) is 0. The lowest BCUT2D eigenvalue weighted by Crippen LogP contribution is -2.51. The van der Waals surface area contributed by atoms with Crippen LogP contribution in [0.5, 0.6) is 5.75 Å². The fourth-order valence-electron chi connectivity index (χ4n) is 2.82. The smallest absolute Gasteiger partial charge is 0.260 e. The van der Waals surface area contributed by atoms with Gasteiger partial charge in [0.2, 0.25) is 5.91 Å². The number of carbonyl (C=O) groups is 2. The van der Waals surface area contributed by atoms with Crippen molar-refractivity contribution in [3.8, 4) is 5.75 Å². The number of ether oxygens (including phenoxy) is 1. The van der Waals surface area contributed by atoms with Gasteiger partial charge in [-0.1, -0.05) is 29.8 Å². The van der Waals surface area contributed by atoms with E-state index >= 15 is 0 Å². The molecule has 1 aliphatic rings. The van der Waals surface area contributed by atoms with E-state index < -0.39 is 0 Å². The molecular weight excluding hydrogens is 383 g/mol. The summed E-state index contributed by atoms with van der Waals surface area (Å²) in [4.78, 5) is 27.9. The molecule has 0 saturated carbocycles. The van der Waals surface area contributed by atoms with Crippen molar-refractivity contribution in [3.05, 3.63) is 71.0 Å². The molecular formula is C21H20ClFN2O3. The zero-order valence-electron chi connectivity index (χ0n) is 15.2. The van der Waals surface area contributed by atoms with E-state index in [9.17, 15) is 14.0 Å².